The minimum Gasteiger partial charge on any atom is -0.488 e. The Kier molecular flexibility index (Phi) is 6.67. The van der Waals surface area contributed by atoms with Gasteiger partial charge in [0.1, 0.15) is 18.2 Å². The molecule has 2 N–H and O–H groups in total. The molecule has 3 aromatic rings. The van der Waals surface area contributed by atoms with Gasteiger partial charge >= 0.3 is 0 Å². The molecule has 3 rings (SSSR count). The Balaban J connectivity index is 1.87. The van der Waals surface area contributed by atoms with Gasteiger partial charge in [0, 0.05) is 23.7 Å². The van der Waals surface area contributed by atoms with E-state index in [4.69, 9.17) is 16.3 Å². The molecule has 5 heteroatoms. The van der Waals surface area contributed by atoms with Gasteiger partial charge in [-0.3, -0.25) is 0 Å². The fourth-order valence-corrected chi connectivity index (χ4v) is 3.23. The number of hydrogen-bond acceptors (Lipinski definition) is 3. The molecular formula is C22H23ClFNO2. The Hall–Kier alpha value is -2.14. The first-order valence-electron chi connectivity index (χ1n) is 9.04. The molecule has 1 atom stereocenters. The number of rotatable bonds is 8. The molecule has 3 aromatic carbocycles. The topological polar surface area (TPSA) is 41.5 Å². The van der Waals surface area contributed by atoms with Gasteiger partial charge < -0.3 is 15.2 Å². The van der Waals surface area contributed by atoms with Gasteiger partial charge in [-0.1, -0.05) is 54.9 Å². The number of nitrogens with one attached hydrogen (secondary N) is 1. The largest absolute Gasteiger partial charge is 0.488 e. The molecule has 0 heterocycles. The van der Waals surface area contributed by atoms with E-state index < -0.39 is 0 Å². The van der Waals surface area contributed by atoms with Crippen molar-refractivity contribution in [3.63, 3.8) is 0 Å². The van der Waals surface area contributed by atoms with Crippen LogP contribution in [0, 0.1) is 5.82 Å². The third-order valence-corrected chi connectivity index (χ3v) is 5.03. The van der Waals surface area contributed by atoms with Crippen LogP contribution in [0.3, 0.4) is 0 Å². The maximum Gasteiger partial charge on any atom is 0.124 e. The van der Waals surface area contributed by atoms with Gasteiger partial charge in [0.25, 0.3) is 0 Å². The van der Waals surface area contributed by atoms with Crippen LogP contribution in [0.4, 0.5) is 4.39 Å². The molecule has 0 aromatic heterocycles. The minimum atomic E-state index is -0.367. The summed E-state index contributed by atoms with van der Waals surface area (Å²) in [5.74, 6) is 0.378. The SMILES string of the molecule is CC[C@H](CO)NCc1c(OCc2ccc(F)cc2Cl)ccc2ccccc12. The van der Waals surface area contributed by atoms with Crippen molar-refractivity contribution in [3.05, 3.63) is 76.6 Å². The average molecular weight is 388 g/mol. The fourth-order valence-electron chi connectivity index (χ4n) is 3.01. The zero-order valence-corrected chi connectivity index (χ0v) is 16.0. The normalized spacial score (nSPS) is 12.3. The van der Waals surface area contributed by atoms with Crippen LogP contribution in [0.5, 0.6) is 5.75 Å². The van der Waals surface area contributed by atoms with Gasteiger partial charge in [-0.25, -0.2) is 4.39 Å². The maximum absolute atomic E-state index is 13.2. The highest BCUT2D eigenvalue weighted by Gasteiger charge is 2.12. The van der Waals surface area contributed by atoms with Crippen LogP contribution in [0.1, 0.15) is 24.5 Å². The molecule has 0 amide bonds. The summed E-state index contributed by atoms with van der Waals surface area (Å²) in [6.07, 6.45) is 0.836. The predicted molar refractivity (Wildman–Crippen MR) is 108 cm³/mol. The molecular weight excluding hydrogens is 365 g/mol. The van der Waals surface area contributed by atoms with Gasteiger partial charge in [-0.05, 0) is 35.4 Å². The van der Waals surface area contributed by atoms with Crippen LogP contribution < -0.4 is 10.1 Å². The summed E-state index contributed by atoms with van der Waals surface area (Å²) in [5.41, 5.74) is 1.75. The Morgan fingerprint density at radius 3 is 2.70 bits per heavy atom. The van der Waals surface area contributed by atoms with Crippen LogP contribution >= 0.6 is 11.6 Å². The Morgan fingerprint density at radius 2 is 1.96 bits per heavy atom. The lowest BCUT2D eigenvalue weighted by atomic mass is 10.0. The van der Waals surface area contributed by atoms with E-state index in [1.54, 1.807) is 6.07 Å². The number of ether oxygens (including phenoxy) is 1. The first kappa shape index (κ1) is 19.6. The molecule has 0 saturated heterocycles. The second-order valence-corrected chi connectivity index (χ2v) is 6.86. The third-order valence-electron chi connectivity index (χ3n) is 4.68. The van der Waals surface area contributed by atoms with Crippen molar-refractivity contribution in [2.24, 2.45) is 0 Å². The Bertz CT molecular complexity index is 912. The zero-order valence-electron chi connectivity index (χ0n) is 15.2. The second-order valence-electron chi connectivity index (χ2n) is 6.46. The molecule has 0 spiro atoms. The van der Waals surface area contributed by atoms with Crippen LogP contribution in [-0.4, -0.2) is 17.8 Å². The molecule has 0 aliphatic carbocycles. The lowest BCUT2D eigenvalue weighted by molar-refractivity contribution is 0.237. The van der Waals surface area contributed by atoms with Crippen LogP contribution in [0.2, 0.25) is 5.02 Å². The molecule has 0 saturated carbocycles. The first-order chi connectivity index (χ1) is 13.1. The van der Waals surface area contributed by atoms with Gasteiger partial charge in [0.2, 0.25) is 0 Å². The highest BCUT2D eigenvalue weighted by atomic mass is 35.5. The first-order valence-corrected chi connectivity index (χ1v) is 9.41. The van der Waals surface area contributed by atoms with E-state index in [0.717, 1.165) is 34.1 Å². The summed E-state index contributed by atoms with van der Waals surface area (Å²) in [5, 5.41) is 15.4. The van der Waals surface area contributed by atoms with Gasteiger partial charge in [-0.2, -0.15) is 0 Å². The van der Waals surface area contributed by atoms with Crippen molar-refractivity contribution in [1.29, 1.82) is 0 Å². The number of aliphatic hydroxyl groups is 1. The quantitative estimate of drug-likeness (QED) is 0.567. The van der Waals surface area contributed by atoms with E-state index in [0.29, 0.717) is 11.6 Å². The van der Waals surface area contributed by atoms with Crippen molar-refractivity contribution >= 4 is 22.4 Å². The highest BCUT2D eigenvalue weighted by molar-refractivity contribution is 6.31. The summed E-state index contributed by atoms with van der Waals surface area (Å²) in [6.45, 7) is 2.95. The number of halogens is 2. The standard InChI is InChI=1S/C22H23ClFNO2/c1-2-18(13-26)25-12-20-19-6-4-3-5-15(19)8-10-22(20)27-14-16-7-9-17(24)11-21(16)23/h3-11,18,25-26H,2,12-14H2,1H3/t18-/m1/s1. The summed E-state index contributed by atoms with van der Waals surface area (Å²) in [4.78, 5) is 0. The molecule has 0 bridgehead atoms. The van der Waals surface area contributed by atoms with Crippen molar-refractivity contribution in [1.82, 2.24) is 5.32 Å². The summed E-state index contributed by atoms with van der Waals surface area (Å²) < 4.78 is 19.3. The number of benzene rings is 3. The highest BCUT2D eigenvalue weighted by Crippen LogP contribution is 2.29. The zero-order chi connectivity index (χ0) is 19.2. The predicted octanol–water partition coefficient (Wildman–Crippen LogP) is 5.07. The van der Waals surface area contributed by atoms with Crippen molar-refractivity contribution in [3.8, 4) is 5.75 Å². The maximum atomic E-state index is 13.2. The molecule has 0 unspecified atom stereocenters. The number of fused-ring (bicyclic) bond motifs is 1. The van der Waals surface area contributed by atoms with Gasteiger partial charge in [0.15, 0.2) is 0 Å². The van der Waals surface area contributed by atoms with Gasteiger partial charge in [0.05, 0.1) is 11.6 Å². The molecule has 0 aliphatic rings. The van der Waals surface area contributed by atoms with E-state index >= 15 is 0 Å². The summed E-state index contributed by atoms with van der Waals surface area (Å²) in [6, 6.07) is 16.4. The molecule has 142 valence electrons. The smallest absolute Gasteiger partial charge is 0.124 e. The Labute approximate surface area is 163 Å². The summed E-state index contributed by atoms with van der Waals surface area (Å²) in [7, 11) is 0. The molecule has 0 aliphatic heterocycles. The molecule has 27 heavy (non-hydrogen) atoms. The minimum absolute atomic E-state index is 0.0309. The van der Waals surface area contributed by atoms with Crippen molar-refractivity contribution in [2.45, 2.75) is 32.5 Å². The van der Waals surface area contributed by atoms with Gasteiger partial charge in [-0.15, -0.1) is 0 Å². The molecule has 0 fully saturated rings. The van der Waals surface area contributed by atoms with Crippen LogP contribution in [0.15, 0.2) is 54.6 Å². The van der Waals surface area contributed by atoms with Crippen molar-refractivity contribution in [2.75, 3.05) is 6.61 Å². The molecule has 0 radical (unpaired) electrons. The monoisotopic (exact) mass is 387 g/mol. The lowest BCUT2D eigenvalue weighted by Gasteiger charge is -2.18. The van der Waals surface area contributed by atoms with E-state index in [-0.39, 0.29) is 25.1 Å². The van der Waals surface area contributed by atoms with Crippen LogP contribution in [-0.2, 0) is 13.2 Å². The van der Waals surface area contributed by atoms with E-state index in [1.165, 1.54) is 12.1 Å². The third kappa shape index (κ3) is 4.78. The van der Waals surface area contributed by atoms with Crippen molar-refractivity contribution < 1.29 is 14.2 Å². The lowest BCUT2D eigenvalue weighted by Crippen LogP contribution is -2.31. The Morgan fingerprint density at radius 1 is 1.15 bits per heavy atom. The fraction of sp³-hybridized carbons (Fsp3) is 0.273. The second kappa shape index (κ2) is 9.18. The average Bonchev–Trinajstić information content (AvgIpc) is 2.68. The van der Waals surface area contributed by atoms with E-state index in [1.807, 2.05) is 31.2 Å². The van der Waals surface area contributed by atoms with E-state index in [2.05, 4.69) is 17.4 Å². The number of hydrogen-bond donors (Lipinski definition) is 2. The van der Waals surface area contributed by atoms with E-state index in [9.17, 15) is 9.50 Å². The number of aliphatic hydroxyl groups excluding tert-OH is 1. The summed E-state index contributed by atoms with van der Waals surface area (Å²) >= 11 is 6.11. The molecule has 3 nitrogen and oxygen atoms in total. The van der Waals surface area contributed by atoms with Crippen LogP contribution in [0.25, 0.3) is 10.8 Å².